The van der Waals surface area contributed by atoms with E-state index in [1.54, 1.807) is 36.4 Å². The molecule has 2 fully saturated rings. The Labute approximate surface area is 353 Å². The van der Waals surface area contributed by atoms with Crippen molar-refractivity contribution >= 4 is 68.5 Å². The molecule has 0 aliphatic carbocycles. The van der Waals surface area contributed by atoms with E-state index in [-0.39, 0.29) is 17.3 Å². The van der Waals surface area contributed by atoms with Crippen LogP contribution in [-0.4, -0.2) is 90.7 Å². The van der Waals surface area contributed by atoms with E-state index in [9.17, 15) is 35.9 Å². The second-order valence-corrected chi connectivity index (χ2v) is 15.1. The highest BCUT2D eigenvalue weighted by molar-refractivity contribution is 6.38. The number of carbonyl (C=O) groups is 2. The second kappa shape index (κ2) is 17.8. The van der Waals surface area contributed by atoms with Crippen LogP contribution in [0.2, 0.25) is 10.0 Å². The highest BCUT2D eigenvalue weighted by Crippen LogP contribution is 2.38. The molecule has 4 aromatic carbocycles. The second-order valence-electron chi connectivity index (χ2n) is 14.4. The van der Waals surface area contributed by atoms with Gasteiger partial charge in [0.25, 0.3) is 0 Å². The Hall–Kier alpha value is -5.62. The molecule has 0 unspecified atom stereocenters. The maximum Gasteiger partial charge on any atom is 0.573 e. The molecule has 2 saturated heterocycles. The summed E-state index contributed by atoms with van der Waals surface area (Å²) in [5, 5.41) is 20.1. The zero-order chi connectivity index (χ0) is 43.6. The normalized spacial score (nSPS) is 15.5. The van der Waals surface area contributed by atoms with Crippen LogP contribution in [0.1, 0.15) is 37.8 Å². The average Bonchev–Trinajstić information content (AvgIpc) is 3.86. The monoisotopic (exact) mass is 892 g/mol. The molecule has 61 heavy (non-hydrogen) atoms. The van der Waals surface area contributed by atoms with Crippen LogP contribution in [0.4, 0.5) is 37.7 Å². The largest absolute Gasteiger partial charge is 0.573 e. The van der Waals surface area contributed by atoms with Gasteiger partial charge in [-0.1, -0.05) is 53.5 Å². The molecule has 11 nitrogen and oxygen atoms in total. The zero-order valence-corrected chi connectivity index (χ0v) is 33.4. The van der Waals surface area contributed by atoms with Crippen molar-refractivity contribution in [3.63, 3.8) is 0 Å². The molecule has 8 rings (SSSR count). The maximum absolute atomic E-state index is 12.9. The number of ether oxygens (including phenoxy) is 1. The number of alkyl halides is 6. The molecule has 2 aliphatic heterocycles. The standard InChI is InChI=1S/C21H18ClF3N2O4.C21H18ClF3N2O3/c22-19-15-11-18(20(28)29)30-17(15)5-4-16(19)27-8-6-26(7-9-27)12-13-2-1-3-14(10-13)31-21(23,24)25;22-19-15-11-18(20(28)29)30-17(15)5-4-16(19)27-8-6-26(7-9-27)12-13-2-1-3-14(10-13)21(23,24)25/h1-5,10-11H,6-9,12H2,(H,28,29);1-5,10-11H,6-9,12H2,(H,28,29). The molecule has 0 radical (unpaired) electrons. The summed E-state index contributed by atoms with van der Waals surface area (Å²) in [7, 11) is 0. The molecule has 6 aromatic rings. The van der Waals surface area contributed by atoms with Gasteiger partial charge in [-0.15, -0.1) is 13.2 Å². The number of hydrogen-bond donors (Lipinski definition) is 2. The molecule has 0 amide bonds. The van der Waals surface area contributed by atoms with Gasteiger partial charge in [0.05, 0.1) is 27.0 Å². The number of nitrogens with zero attached hydrogens (tertiary/aromatic N) is 4. The first kappa shape index (κ1) is 43.5. The van der Waals surface area contributed by atoms with Crippen molar-refractivity contribution in [2.45, 2.75) is 25.6 Å². The van der Waals surface area contributed by atoms with E-state index in [2.05, 4.69) is 24.3 Å². The number of fused-ring (bicyclic) bond motifs is 2. The molecule has 4 heterocycles. The van der Waals surface area contributed by atoms with E-state index in [1.165, 1.54) is 42.5 Å². The highest BCUT2D eigenvalue weighted by Gasteiger charge is 2.32. The molecule has 322 valence electrons. The van der Waals surface area contributed by atoms with Crippen LogP contribution in [-0.2, 0) is 19.3 Å². The van der Waals surface area contributed by atoms with Crippen molar-refractivity contribution in [1.82, 2.24) is 9.80 Å². The number of furan rings is 2. The van der Waals surface area contributed by atoms with Crippen LogP contribution in [0.3, 0.4) is 0 Å². The SMILES string of the molecule is O=C(O)c1cc2c(Cl)c(N3CCN(Cc4cccc(C(F)(F)F)c4)CC3)ccc2o1.O=C(O)c1cc2c(Cl)c(N3CCN(Cc4cccc(OC(F)(F)F)c4)CC3)ccc2o1. The molecule has 0 saturated carbocycles. The lowest BCUT2D eigenvalue weighted by Gasteiger charge is -2.36. The maximum atomic E-state index is 12.9. The number of benzene rings is 4. The quantitative estimate of drug-likeness (QED) is 0.135. The first-order chi connectivity index (χ1) is 28.9. The van der Waals surface area contributed by atoms with Gasteiger partial charge < -0.3 is 33.6 Å². The Morgan fingerprint density at radius 3 is 1.48 bits per heavy atom. The summed E-state index contributed by atoms with van der Waals surface area (Å²) in [5.74, 6) is -2.89. The number of hydrogen-bond acceptors (Lipinski definition) is 9. The average molecular weight is 894 g/mol. The van der Waals surface area contributed by atoms with Crippen molar-refractivity contribution in [3.8, 4) is 5.75 Å². The van der Waals surface area contributed by atoms with Gasteiger partial charge in [-0.2, -0.15) is 13.2 Å². The van der Waals surface area contributed by atoms with E-state index in [1.807, 2.05) is 0 Å². The van der Waals surface area contributed by atoms with Crippen LogP contribution in [0, 0.1) is 0 Å². The van der Waals surface area contributed by atoms with Crippen molar-refractivity contribution in [2.24, 2.45) is 0 Å². The van der Waals surface area contributed by atoms with E-state index in [0.29, 0.717) is 103 Å². The number of aromatic carboxylic acids is 2. The lowest BCUT2D eigenvalue weighted by Crippen LogP contribution is -2.46. The van der Waals surface area contributed by atoms with Gasteiger partial charge in [-0.3, -0.25) is 9.80 Å². The first-order valence-corrected chi connectivity index (χ1v) is 19.5. The topological polar surface area (TPSA) is 123 Å². The van der Waals surface area contributed by atoms with E-state index >= 15 is 0 Å². The van der Waals surface area contributed by atoms with Crippen LogP contribution in [0.25, 0.3) is 21.9 Å². The Balaban J connectivity index is 0.000000184. The highest BCUT2D eigenvalue weighted by atomic mass is 35.5. The number of anilines is 2. The third kappa shape index (κ3) is 10.5. The third-order valence-electron chi connectivity index (χ3n) is 10.3. The van der Waals surface area contributed by atoms with Gasteiger partial charge in [0.2, 0.25) is 11.5 Å². The van der Waals surface area contributed by atoms with Gasteiger partial charge >= 0.3 is 24.5 Å². The number of carboxylic acids is 2. The Bertz CT molecular complexity index is 2550. The summed E-state index contributed by atoms with van der Waals surface area (Å²) in [6.45, 7) is 6.25. The van der Waals surface area contributed by atoms with E-state index < -0.39 is 30.0 Å². The first-order valence-electron chi connectivity index (χ1n) is 18.8. The van der Waals surface area contributed by atoms with E-state index in [4.69, 9.17) is 42.2 Å². The minimum absolute atomic E-state index is 0.171. The summed E-state index contributed by atoms with van der Waals surface area (Å²) in [6, 6.07) is 21.2. The molecular weight excluding hydrogens is 857 g/mol. The predicted molar refractivity (Wildman–Crippen MR) is 216 cm³/mol. The fourth-order valence-electron chi connectivity index (χ4n) is 7.33. The van der Waals surface area contributed by atoms with Crippen molar-refractivity contribution in [2.75, 3.05) is 62.2 Å². The molecule has 0 bridgehead atoms. The number of rotatable bonds is 9. The molecule has 0 atom stereocenters. The van der Waals surface area contributed by atoms with Crippen molar-refractivity contribution in [1.29, 1.82) is 0 Å². The summed E-state index contributed by atoms with van der Waals surface area (Å²) < 4.78 is 90.5. The Morgan fingerprint density at radius 2 is 1.05 bits per heavy atom. The van der Waals surface area contributed by atoms with Gasteiger partial charge in [-0.05, 0) is 53.6 Å². The molecule has 19 heteroatoms. The predicted octanol–water partition coefficient (Wildman–Crippen LogP) is 10.1. The molecular formula is C42H36Cl2F6N4O7. The van der Waals surface area contributed by atoms with Crippen LogP contribution < -0.4 is 14.5 Å². The molecule has 2 N–H and O–H groups in total. The number of piperazine rings is 2. The smallest absolute Gasteiger partial charge is 0.475 e. The molecule has 2 aromatic heterocycles. The minimum Gasteiger partial charge on any atom is -0.475 e. The fraction of sp³-hybridized carbons (Fsp3) is 0.286. The van der Waals surface area contributed by atoms with Crippen LogP contribution in [0.15, 0.2) is 93.8 Å². The minimum atomic E-state index is -4.72. The van der Waals surface area contributed by atoms with Crippen molar-refractivity contribution in [3.05, 3.63) is 123 Å². The lowest BCUT2D eigenvalue weighted by atomic mass is 10.1. The van der Waals surface area contributed by atoms with Gasteiger partial charge in [0.1, 0.15) is 16.9 Å². The van der Waals surface area contributed by atoms with Crippen molar-refractivity contribution < 1.29 is 59.7 Å². The van der Waals surface area contributed by atoms with E-state index in [0.717, 1.165) is 23.0 Å². The Morgan fingerprint density at radius 1 is 0.607 bits per heavy atom. The van der Waals surface area contributed by atoms with Gasteiger partial charge in [-0.25, -0.2) is 9.59 Å². The van der Waals surface area contributed by atoms with Crippen LogP contribution in [0.5, 0.6) is 5.75 Å². The van der Waals surface area contributed by atoms with Crippen LogP contribution >= 0.6 is 23.2 Å². The number of halogens is 8. The lowest BCUT2D eigenvalue weighted by molar-refractivity contribution is -0.274. The molecule has 0 spiro atoms. The third-order valence-corrected chi connectivity index (χ3v) is 11.1. The molecule has 2 aliphatic rings. The van der Waals surface area contributed by atoms with Gasteiger partial charge in [0.15, 0.2) is 0 Å². The number of carboxylic acid groups (broad SMARTS) is 2. The summed E-state index contributed by atoms with van der Waals surface area (Å²) in [5.41, 5.74) is 3.09. The van der Waals surface area contributed by atoms with Gasteiger partial charge in [0, 0.05) is 88.4 Å². The summed E-state index contributed by atoms with van der Waals surface area (Å²) in [6.07, 6.45) is -9.07. The Kier molecular flexibility index (Phi) is 12.7. The summed E-state index contributed by atoms with van der Waals surface area (Å²) in [4.78, 5) is 30.6. The fourth-order valence-corrected chi connectivity index (χ4v) is 7.99. The zero-order valence-electron chi connectivity index (χ0n) is 31.9. The summed E-state index contributed by atoms with van der Waals surface area (Å²) >= 11 is 13.0.